The van der Waals surface area contributed by atoms with Crippen molar-refractivity contribution in [3.05, 3.63) is 53.6 Å². The average molecular weight is 428 g/mol. The first kappa shape index (κ1) is 23.8. The number of ether oxygens (including phenoxy) is 4. The number of phenols is 1. The maximum absolute atomic E-state index is 12.4. The van der Waals surface area contributed by atoms with Gasteiger partial charge in [-0.15, -0.1) is 0 Å². The van der Waals surface area contributed by atoms with E-state index in [1.165, 1.54) is 26.4 Å². The van der Waals surface area contributed by atoms with E-state index in [0.717, 1.165) is 0 Å². The summed E-state index contributed by atoms with van der Waals surface area (Å²) in [5, 5.41) is 9.84. The summed E-state index contributed by atoms with van der Waals surface area (Å²) in [4.78, 5) is 24.8. The Morgan fingerprint density at radius 3 is 2.13 bits per heavy atom. The highest BCUT2D eigenvalue weighted by molar-refractivity contribution is 6.08. The highest BCUT2D eigenvalue weighted by Gasteiger charge is 2.34. The molecule has 2 rings (SSSR count). The number of carbonyl (C=O) groups is 2. The van der Waals surface area contributed by atoms with Crippen LogP contribution in [-0.2, 0) is 9.53 Å². The standard InChI is InChI=1S/C24H28O7/c1-15(2)30-23(27)24(3,4)31-22-20(28-5)13-16(14-21(22)29-6)11-12-19(26)17-9-7-8-10-18(17)25/h7-15,25H,1-6H3/b12-11+. The van der Waals surface area contributed by atoms with Crippen molar-refractivity contribution >= 4 is 17.8 Å². The smallest absolute Gasteiger partial charge is 0.350 e. The number of methoxy groups -OCH3 is 2. The molecule has 0 heterocycles. The molecule has 7 heteroatoms. The highest BCUT2D eigenvalue weighted by Crippen LogP contribution is 2.41. The molecular weight excluding hydrogens is 400 g/mol. The van der Waals surface area contributed by atoms with E-state index >= 15 is 0 Å². The average Bonchev–Trinajstić information content (AvgIpc) is 2.72. The maximum Gasteiger partial charge on any atom is 0.350 e. The monoisotopic (exact) mass is 428 g/mol. The van der Waals surface area contributed by atoms with E-state index in [2.05, 4.69) is 0 Å². The Hall–Kier alpha value is -3.48. The number of carbonyl (C=O) groups excluding carboxylic acids is 2. The molecule has 2 aromatic rings. The van der Waals surface area contributed by atoms with Crippen molar-refractivity contribution in [1.29, 1.82) is 0 Å². The van der Waals surface area contributed by atoms with E-state index in [-0.39, 0.29) is 28.9 Å². The predicted molar refractivity (Wildman–Crippen MR) is 117 cm³/mol. The minimum absolute atomic E-state index is 0.0911. The van der Waals surface area contributed by atoms with E-state index in [0.29, 0.717) is 17.1 Å². The molecule has 0 aromatic heterocycles. The lowest BCUT2D eigenvalue weighted by Gasteiger charge is -2.27. The van der Waals surface area contributed by atoms with E-state index in [1.807, 2.05) is 0 Å². The van der Waals surface area contributed by atoms with Crippen molar-refractivity contribution < 1.29 is 33.6 Å². The maximum atomic E-state index is 12.4. The molecule has 0 unspecified atom stereocenters. The first-order valence-electron chi connectivity index (χ1n) is 9.75. The van der Waals surface area contributed by atoms with Crippen molar-refractivity contribution in [2.75, 3.05) is 14.2 Å². The SMILES string of the molecule is COc1cc(/C=C/C(=O)c2ccccc2O)cc(OC)c1OC(C)(C)C(=O)OC(C)C. The van der Waals surface area contributed by atoms with Crippen molar-refractivity contribution in [1.82, 2.24) is 0 Å². The summed E-state index contributed by atoms with van der Waals surface area (Å²) in [6.07, 6.45) is 2.63. The van der Waals surface area contributed by atoms with Gasteiger partial charge in [-0.25, -0.2) is 4.79 Å². The van der Waals surface area contributed by atoms with Gasteiger partial charge in [0.05, 0.1) is 25.9 Å². The Balaban J connectivity index is 2.35. The third-order valence-electron chi connectivity index (χ3n) is 4.27. The quantitative estimate of drug-likeness (QED) is 0.359. The second-order valence-electron chi connectivity index (χ2n) is 7.54. The molecule has 0 amide bonds. The summed E-state index contributed by atoms with van der Waals surface area (Å²) < 4.78 is 22.0. The summed E-state index contributed by atoms with van der Waals surface area (Å²) in [7, 11) is 2.92. The largest absolute Gasteiger partial charge is 0.507 e. The van der Waals surface area contributed by atoms with Crippen LogP contribution in [0.25, 0.3) is 6.08 Å². The van der Waals surface area contributed by atoms with Gasteiger partial charge in [-0.1, -0.05) is 18.2 Å². The molecule has 0 spiro atoms. The van der Waals surface area contributed by atoms with Gasteiger partial charge in [0.2, 0.25) is 11.4 Å². The highest BCUT2D eigenvalue weighted by atomic mass is 16.6. The Labute approximate surface area is 182 Å². The number of benzene rings is 2. The molecule has 31 heavy (non-hydrogen) atoms. The van der Waals surface area contributed by atoms with Gasteiger partial charge in [-0.3, -0.25) is 4.79 Å². The van der Waals surface area contributed by atoms with Crippen LogP contribution in [0.1, 0.15) is 43.6 Å². The van der Waals surface area contributed by atoms with E-state index < -0.39 is 11.6 Å². The molecule has 0 fully saturated rings. The minimum Gasteiger partial charge on any atom is -0.507 e. The van der Waals surface area contributed by atoms with Crippen molar-refractivity contribution in [3.63, 3.8) is 0 Å². The van der Waals surface area contributed by atoms with Crippen molar-refractivity contribution in [3.8, 4) is 23.0 Å². The van der Waals surface area contributed by atoms with Gasteiger partial charge >= 0.3 is 5.97 Å². The number of esters is 1. The second kappa shape index (κ2) is 10.0. The number of rotatable bonds is 9. The minimum atomic E-state index is -1.29. The fourth-order valence-corrected chi connectivity index (χ4v) is 2.69. The van der Waals surface area contributed by atoms with Crippen LogP contribution in [0.3, 0.4) is 0 Å². The zero-order valence-electron chi connectivity index (χ0n) is 18.6. The molecule has 0 aliphatic rings. The van der Waals surface area contributed by atoms with E-state index in [9.17, 15) is 14.7 Å². The number of ketones is 1. The number of hydrogen-bond donors (Lipinski definition) is 1. The summed E-state index contributed by atoms with van der Waals surface area (Å²) in [6.45, 7) is 6.70. The predicted octanol–water partition coefficient (Wildman–Crippen LogP) is 4.41. The summed E-state index contributed by atoms with van der Waals surface area (Å²) >= 11 is 0. The van der Waals surface area contributed by atoms with Crippen LogP contribution in [0.15, 0.2) is 42.5 Å². The molecule has 0 radical (unpaired) electrons. The first-order chi connectivity index (χ1) is 14.6. The van der Waals surface area contributed by atoms with Crippen molar-refractivity contribution in [2.24, 2.45) is 0 Å². The van der Waals surface area contributed by atoms with Crippen LogP contribution < -0.4 is 14.2 Å². The zero-order valence-corrected chi connectivity index (χ0v) is 18.6. The number of aromatic hydroxyl groups is 1. The molecule has 0 saturated carbocycles. The lowest BCUT2D eigenvalue weighted by atomic mass is 10.1. The number of hydrogen-bond acceptors (Lipinski definition) is 7. The molecule has 0 aliphatic carbocycles. The third kappa shape index (κ3) is 6.01. The van der Waals surface area contributed by atoms with E-state index in [4.69, 9.17) is 18.9 Å². The number of phenolic OH excluding ortho intramolecular Hbond substituents is 1. The topological polar surface area (TPSA) is 91.3 Å². The Kier molecular flexibility index (Phi) is 7.69. The van der Waals surface area contributed by atoms with Gasteiger partial charge in [0.1, 0.15) is 5.75 Å². The molecule has 1 N–H and O–H groups in total. The Morgan fingerprint density at radius 1 is 1.03 bits per heavy atom. The van der Waals surface area contributed by atoms with Gasteiger partial charge in [0.25, 0.3) is 0 Å². The number of para-hydroxylation sites is 1. The van der Waals surface area contributed by atoms with Crippen LogP contribution >= 0.6 is 0 Å². The van der Waals surface area contributed by atoms with Gasteiger partial charge in [-0.2, -0.15) is 0 Å². The molecule has 2 aromatic carbocycles. The summed E-state index contributed by atoms with van der Waals surface area (Å²) in [6, 6.07) is 9.60. The van der Waals surface area contributed by atoms with Gasteiger partial charge in [-0.05, 0) is 63.6 Å². The fourth-order valence-electron chi connectivity index (χ4n) is 2.69. The van der Waals surface area contributed by atoms with Crippen molar-refractivity contribution in [2.45, 2.75) is 39.4 Å². The fraction of sp³-hybridized carbons (Fsp3) is 0.333. The van der Waals surface area contributed by atoms with Gasteiger partial charge < -0.3 is 24.1 Å². The number of allylic oxidation sites excluding steroid dienone is 1. The Bertz CT molecular complexity index is 949. The molecule has 0 bridgehead atoms. The summed E-state index contributed by atoms with van der Waals surface area (Å²) in [5.41, 5.74) is -0.487. The lowest BCUT2D eigenvalue weighted by molar-refractivity contribution is -0.163. The van der Waals surface area contributed by atoms with Crippen LogP contribution in [0, 0.1) is 0 Å². The Morgan fingerprint density at radius 2 is 1.61 bits per heavy atom. The molecule has 7 nitrogen and oxygen atoms in total. The molecular formula is C24H28O7. The first-order valence-corrected chi connectivity index (χ1v) is 9.75. The summed E-state index contributed by atoms with van der Waals surface area (Å²) in [5.74, 6) is -0.0944. The molecule has 0 saturated heterocycles. The molecule has 0 atom stereocenters. The van der Waals surface area contributed by atoms with Crippen LogP contribution in [0.2, 0.25) is 0 Å². The molecule has 166 valence electrons. The second-order valence-corrected chi connectivity index (χ2v) is 7.54. The van der Waals surface area contributed by atoms with E-state index in [1.54, 1.807) is 64.1 Å². The van der Waals surface area contributed by atoms with Gasteiger partial charge in [0, 0.05) is 0 Å². The van der Waals surface area contributed by atoms with Crippen LogP contribution in [0.5, 0.6) is 23.0 Å². The molecule has 0 aliphatic heterocycles. The van der Waals surface area contributed by atoms with Crippen LogP contribution in [-0.4, -0.2) is 42.8 Å². The zero-order chi connectivity index (χ0) is 23.2. The normalized spacial score (nSPS) is 11.5. The van der Waals surface area contributed by atoms with Gasteiger partial charge in [0.15, 0.2) is 17.3 Å². The third-order valence-corrected chi connectivity index (χ3v) is 4.27. The van der Waals surface area contributed by atoms with Crippen LogP contribution in [0.4, 0.5) is 0 Å². The lowest BCUT2D eigenvalue weighted by Crippen LogP contribution is -2.41.